The number of piperidine rings is 1. The predicted molar refractivity (Wildman–Crippen MR) is 89.7 cm³/mol. The highest BCUT2D eigenvalue weighted by atomic mass is 35.5. The number of nitrogen functional groups attached to an aromatic ring is 1. The van der Waals surface area contributed by atoms with Crippen molar-refractivity contribution < 1.29 is 9.32 Å². The molecule has 1 aromatic heterocycles. The molecule has 0 radical (unpaired) electrons. The van der Waals surface area contributed by atoms with Crippen LogP contribution in [0, 0.1) is 6.92 Å². The minimum absolute atomic E-state index is 0.103. The van der Waals surface area contributed by atoms with E-state index in [0.29, 0.717) is 24.0 Å². The number of aryl methyl sites for hydroxylation is 1. The number of nitrogens with two attached hydrogens (primary N) is 1. The fourth-order valence-electron chi connectivity index (χ4n) is 2.80. The number of amides is 2. The first-order valence-electron chi connectivity index (χ1n) is 7.57. The van der Waals surface area contributed by atoms with Crippen molar-refractivity contribution in [2.75, 3.05) is 24.1 Å². The van der Waals surface area contributed by atoms with E-state index < -0.39 is 0 Å². The number of hydrogen-bond donors (Lipinski definition) is 2. The van der Waals surface area contributed by atoms with Gasteiger partial charge in [-0.2, -0.15) is 0 Å². The van der Waals surface area contributed by atoms with E-state index in [-0.39, 0.29) is 11.9 Å². The van der Waals surface area contributed by atoms with Gasteiger partial charge in [-0.25, -0.2) is 4.79 Å². The molecule has 2 aromatic rings. The van der Waals surface area contributed by atoms with E-state index in [0.717, 1.165) is 29.8 Å². The van der Waals surface area contributed by atoms with Gasteiger partial charge in [-0.15, -0.1) is 0 Å². The molecule has 6 nitrogen and oxygen atoms in total. The summed E-state index contributed by atoms with van der Waals surface area (Å²) in [6.07, 6.45) is 1.68. The quantitative estimate of drug-likeness (QED) is 0.878. The molecule has 7 heteroatoms. The van der Waals surface area contributed by atoms with Gasteiger partial charge in [-0.1, -0.05) is 22.8 Å². The number of carbonyl (C=O) groups is 1. The summed E-state index contributed by atoms with van der Waals surface area (Å²) >= 11 is 5.98. The van der Waals surface area contributed by atoms with Crippen LogP contribution in [-0.2, 0) is 0 Å². The number of nitrogens with zero attached hydrogens (tertiary/aromatic N) is 2. The summed E-state index contributed by atoms with van der Waals surface area (Å²) < 4.78 is 4.92. The lowest BCUT2D eigenvalue weighted by Gasteiger charge is -2.31. The first-order chi connectivity index (χ1) is 11.0. The molecule has 0 unspecified atom stereocenters. The van der Waals surface area contributed by atoms with Gasteiger partial charge in [-0.3, -0.25) is 0 Å². The third kappa shape index (κ3) is 3.59. The summed E-state index contributed by atoms with van der Waals surface area (Å²) in [7, 11) is 0. The maximum Gasteiger partial charge on any atom is 0.321 e. The van der Waals surface area contributed by atoms with Gasteiger partial charge in [0.05, 0.1) is 5.69 Å². The number of halogens is 1. The Labute approximate surface area is 139 Å². The van der Waals surface area contributed by atoms with Crippen molar-refractivity contribution in [2.45, 2.75) is 25.7 Å². The van der Waals surface area contributed by atoms with E-state index in [2.05, 4.69) is 10.5 Å². The third-order valence-corrected chi connectivity index (χ3v) is 4.42. The molecule has 3 rings (SSSR count). The molecular weight excluding hydrogens is 316 g/mol. The van der Waals surface area contributed by atoms with E-state index >= 15 is 0 Å². The van der Waals surface area contributed by atoms with Crippen LogP contribution in [0.3, 0.4) is 0 Å². The number of likely N-dealkylation sites (tertiary alicyclic amines) is 1. The number of nitrogens with one attached hydrogen (secondary N) is 1. The molecule has 2 heterocycles. The van der Waals surface area contributed by atoms with Crippen molar-refractivity contribution in [3.05, 3.63) is 40.5 Å². The van der Waals surface area contributed by atoms with Crippen LogP contribution in [0.2, 0.25) is 5.02 Å². The molecule has 2 amide bonds. The Hall–Kier alpha value is -2.21. The third-order valence-electron chi connectivity index (χ3n) is 4.19. The average molecular weight is 335 g/mol. The van der Waals surface area contributed by atoms with Gasteiger partial charge in [0.2, 0.25) is 5.88 Å². The Morgan fingerprint density at radius 2 is 2.13 bits per heavy atom. The topological polar surface area (TPSA) is 84.4 Å². The highest BCUT2D eigenvalue weighted by Crippen LogP contribution is 2.28. The van der Waals surface area contributed by atoms with Gasteiger partial charge >= 0.3 is 6.03 Å². The van der Waals surface area contributed by atoms with Crippen LogP contribution in [0.5, 0.6) is 0 Å². The lowest BCUT2D eigenvalue weighted by atomic mass is 9.94. The van der Waals surface area contributed by atoms with Crippen molar-refractivity contribution >= 4 is 29.2 Å². The van der Waals surface area contributed by atoms with Crippen LogP contribution in [0.4, 0.5) is 16.4 Å². The van der Waals surface area contributed by atoms with Crippen LogP contribution in [0.1, 0.15) is 30.0 Å². The number of rotatable bonds is 2. The molecule has 0 atom stereocenters. The molecule has 3 N–H and O–H groups in total. The minimum atomic E-state index is -0.103. The summed E-state index contributed by atoms with van der Waals surface area (Å²) in [6, 6.07) is 7.12. The van der Waals surface area contributed by atoms with Crippen LogP contribution in [0.25, 0.3) is 0 Å². The number of carbonyl (C=O) groups excluding carboxylic acids is 1. The SMILES string of the molecule is Cc1ccc(Cl)cc1NC(=O)N1CCC(c2cc(N)on2)CC1. The fourth-order valence-corrected chi connectivity index (χ4v) is 2.97. The molecule has 0 saturated carbocycles. The molecular formula is C16H19ClN4O2. The van der Waals surface area contributed by atoms with Crippen LogP contribution < -0.4 is 11.1 Å². The first kappa shape index (κ1) is 15.7. The van der Waals surface area contributed by atoms with Gasteiger partial charge < -0.3 is 20.5 Å². The number of benzene rings is 1. The predicted octanol–water partition coefficient (Wildman–Crippen LogP) is 3.63. The van der Waals surface area contributed by atoms with E-state index in [1.54, 1.807) is 17.0 Å². The molecule has 0 bridgehead atoms. The zero-order valence-electron chi connectivity index (χ0n) is 12.9. The van der Waals surface area contributed by atoms with E-state index in [1.165, 1.54) is 0 Å². The molecule has 23 heavy (non-hydrogen) atoms. The van der Waals surface area contributed by atoms with Gasteiger partial charge in [0, 0.05) is 35.8 Å². The Bertz CT molecular complexity index is 708. The number of urea groups is 1. The highest BCUT2D eigenvalue weighted by Gasteiger charge is 2.26. The van der Waals surface area contributed by atoms with Crippen LogP contribution in [0.15, 0.2) is 28.8 Å². The normalized spacial score (nSPS) is 15.7. The van der Waals surface area contributed by atoms with E-state index in [4.69, 9.17) is 21.9 Å². The summed E-state index contributed by atoms with van der Waals surface area (Å²) in [4.78, 5) is 14.2. The molecule has 1 saturated heterocycles. The van der Waals surface area contributed by atoms with Crippen LogP contribution in [-0.4, -0.2) is 29.2 Å². The standard InChI is InChI=1S/C16H19ClN4O2/c1-10-2-3-12(17)8-13(10)19-16(22)21-6-4-11(5-7-21)14-9-15(18)23-20-14/h2-3,8-9,11H,4-7,18H2,1H3,(H,19,22). The Morgan fingerprint density at radius 3 is 2.78 bits per heavy atom. The van der Waals surface area contributed by atoms with Gasteiger partial charge in [0.15, 0.2) is 0 Å². The Kier molecular flexibility index (Phi) is 4.43. The lowest BCUT2D eigenvalue weighted by molar-refractivity contribution is 0.193. The van der Waals surface area contributed by atoms with Gasteiger partial charge in [0.25, 0.3) is 0 Å². The second kappa shape index (κ2) is 6.50. The Morgan fingerprint density at radius 1 is 1.39 bits per heavy atom. The number of anilines is 2. The molecule has 1 aliphatic heterocycles. The molecule has 1 fully saturated rings. The average Bonchev–Trinajstić information content (AvgIpc) is 2.97. The molecule has 1 aromatic carbocycles. The summed E-state index contributed by atoms with van der Waals surface area (Å²) in [5.74, 6) is 0.615. The van der Waals surface area contributed by atoms with E-state index in [1.807, 2.05) is 19.1 Å². The van der Waals surface area contributed by atoms with Gasteiger partial charge in [-0.05, 0) is 37.5 Å². The second-order valence-electron chi connectivity index (χ2n) is 5.80. The fraction of sp³-hybridized carbons (Fsp3) is 0.375. The first-order valence-corrected chi connectivity index (χ1v) is 7.95. The molecule has 0 aliphatic carbocycles. The van der Waals surface area contributed by atoms with Crippen molar-refractivity contribution in [3.8, 4) is 0 Å². The zero-order chi connectivity index (χ0) is 16.4. The smallest absolute Gasteiger partial charge is 0.321 e. The molecule has 122 valence electrons. The van der Waals surface area contributed by atoms with Gasteiger partial charge in [0.1, 0.15) is 0 Å². The molecule has 0 spiro atoms. The monoisotopic (exact) mass is 334 g/mol. The van der Waals surface area contributed by atoms with Crippen molar-refractivity contribution in [2.24, 2.45) is 0 Å². The van der Waals surface area contributed by atoms with Crippen molar-refractivity contribution in [1.29, 1.82) is 0 Å². The van der Waals surface area contributed by atoms with Crippen LogP contribution >= 0.6 is 11.6 Å². The zero-order valence-corrected chi connectivity index (χ0v) is 13.6. The highest BCUT2D eigenvalue weighted by molar-refractivity contribution is 6.31. The maximum atomic E-state index is 12.4. The molecule has 1 aliphatic rings. The lowest BCUT2D eigenvalue weighted by Crippen LogP contribution is -2.40. The van der Waals surface area contributed by atoms with E-state index in [9.17, 15) is 4.79 Å². The minimum Gasteiger partial charge on any atom is -0.368 e. The largest absolute Gasteiger partial charge is 0.368 e. The summed E-state index contributed by atoms with van der Waals surface area (Å²) in [5, 5.41) is 7.50. The summed E-state index contributed by atoms with van der Waals surface area (Å²) in [6.45, 7) is 3.28. The summed E-state index contributed by atoms with van der Waals surface area (Å²) in [5.41, 5.74) is 8.15. The maximum absolute atomic E-state index is 12.4. The van der Waals surface area contributed by atoms with Crippen molar-refractivity contribution in [1.82, 2.24) is 10.1 Å². The van der Waals surface area contributed by atoms with Crippen molar-refractivity contribution in [3.63, 3.8) is 0 Å². The Balaban J connectivity index is 1.59. The number of aromatic nitrogens is 1. The number of hydrogen-bond acceptors (Lipinski definition) is 4. The second-order valence-corrected chi connectivity index (χ2v) is 6.24.